The summed E-state index contributed by atoms with van der Waals surface area (Å²) in [5.41, 5.74) is 3.30. The highest BCUT2D eigenvalue weighted by Gasteiger charge is 2.20. The molecule has 0 radical (unpaired) electrons. The number of carbonyl (C=O) groups is 1. The maximum atomic E-state index is 11.7. The summed E-state index contributed by atoms with van der Waals surface area (Å²) in [4.78, 5) is 14.0. The minimum absolute atomic E-state index is 0.284. The quantitative estimate of drug-likeness (QED) is 0.876. The molecule has 0 atom stereocenters. The highest BCUT2D eigenvalue weighted by Crippen LogP contribution is 2.25. The smallest absolute Gasteiger partial charge is 0.374 e. The van der Waals surface area contributed by atoms with Crippen LogP contribution in [0.2, 0.25) is 0 Å². The number of nitrogens with zero attached hydrogens (tertiary/aromatic N) is 1. The lowest BCUT2D eigenvalue weighted by Gasteiger charge is -2.24. The normalized spacial score (nSPS) is 14.4. The van der Waals surface area contributed by atoms with E-state index in [0.717, 1.165) is 25.2 Å². The largest absolute Gasteiger partial charge is 0.463 e. The average molecular weight is 286 g/mol. The molecular weight excluding hydrogens is 268 g/mol. The number of esters is 1. The Bertz CT molecular complexity index is 636. The summed E-state index contributed by atoms with van der Waals surface area (Å²) < 4.78 is 10.0. The van der Waals surface area contributed by atoms with Gasteiger partial charge in [-0.15, -0.1) is 0 Å². The number of rotatable bonds is 3. The Labute approximate surface area is 123 Å². The number of hydrogen-bond acceptors (Lipinski definition) is 5. The molecule has 0 saturated heterocycles. The van der Waals surface area contributed by atoms with Gasteiger partial charge in [0.2, 0.25) is 5.76 Å². The summed E-state index contributed by atoms with van der Waals surface area (Å²) in [5.74, 6) is -0.150. The Morgan fingerprint density at radius 1 is 1.38 bits per heavy atom. The number of carbonyl (C=O) groups excluding carboxylic acids is 1. The predicted molar refractivity (Wildman–Crippen MR) is 79.2 cm³/mol. The van der Waals surface area contributed by atoms with E-state index in [1.807, 2.05) is 18.2 Å². The summed E-state index contributed by atoms with van der Waals surface area (Å²) in [6, 6.07) is 10.1. The van der Waals surface area contributed by atoms with Gasteiger partial charge < -0.3 is 19.4 Å². The van der Waals surface area contributed by atoms with Crippen LogP contribution in [0.25, 0.3) is 0 Å². The van der Waals surface area contributed by atoms with Crippen molar-refractivity contribution in [1.82, 2.24) is 5.32 Å². The maximum absolute atomic E-state index is 11.7. The van der Waals surface area contributed by atoms with Crippen LogP contribution in [0, 0.1) is 0 Å². The molecule has 0 spiro atoms. The van der Waals surface area contributed by atoms with Gasteiger partial charge in [0.15, 0.2) is 0 Å². The van der Waals surface area contributed by atoms with Crippen molar-refractivity contribution in [2.24, 2.45) is 0 Å². The van der Waals surface area contributed by atoms with E-state index in [-0.39, 0.29) is 5.76 Å². The lowest BCUT2D eigenvalue weighted by molar-refractivity contribution is 0.0563. The molecule has 3 rings (SSSR count). The molecule has 1 N–H and O–H groups in total. The van der Waals surface area contributed by atoms with Gasteiger partial charge in [0.05, 0.1) is 13.4 Å². The van der Waals surface area contributed by atoms with Gasteiger partial charge in [0, 0.05) is 37.4 Å². The van der Waals surface area contributed by atoms with Crippen molar-refractivity contribution in [3.63, 3.8) is 0 Å². The molecule has 21 heavy (non-hydrogen) atoms. The second kappa shape index (κ2) is 6.01. The van der Waals surface area contributed by atoms with Crippen molar-refractivity contribution in [3.05, 3.63) is 53.5 Å². The second-order valence-electron chi connectivity index (χ2n) is 4.99. The van der Waals surface area contributed by atoms with Crippen LogP contribution in [-0.4, -0.2) is 26.2 Å². The van der Waals surface area contributed by atoms with Crippen LogP contribution in [0.1, 0.15) is 21.7 Å². The van der Waals surface area contributed by atoms with Crippen LogP contribution in [-0.2, 0) is 17.8 Å². The molecule has 5 nitrogen and oxygen atoms in total. The van der Waals surface area contributed by atoms with E-state index in [9.17, 15) is 4.79 Å². The first kappa shape index (κ1) is 13.7. The highest BCUT2D eigenvalue weighted by atomic mass is 16.5. The number of benzene rings is 1. The first-order valence-electron chi connectivity index (χ1n) is 6.98. The zero-order valence-electron chi connectivity index (χ0n) is 12.0. The third-order valence-electron chi connectivity index (χ3n) is 3.69. The van der Waals surface area contributed by atoms with E-state index in [1.54, 1.807) is 0 Å². The molecule has 0 bridgehead atoms. The molecule has 110 valence electrons. The van der Waals surface area contributed by atoms with Crippen molar-refractivity contribution in [2.75, 3.05) is 25.1 Å². The first-order chi connectivity index (χ1) is 10.3. The Morgan fingerprint density at radius 2 is 2.24 bits per heavy atom. The van der Waals surface area contributed by atoms with E-state index in [4.69, 9.17) is 9.15 Å². The molecule has 0 saturated carbocycles. The predicted octanol–water partition coefficient (Wildman–Crippen LogP) is 2.18. The molecule has 2 aromatic rings. The maximum Gasteiger partial charge on any atom is 0.374 e. The topological polar surface area (TPSA) is 54.7 Å². The van der Waals surface area contributed by atoms with Crippen LogP contribution in [0.4, 0.5) is 5.69 Å². The number of methoxy groups -OCH3 is 1. The average Bonchev–Trinajstić information content (AvgIpc) is 2.88. The van der Waals surface area contributed by atoms with Crippen LogP contribution >= 0.6 is 0 Å². The second-order valence-corrected chi connectivity index (χ2v) is 4.99. The van der Waals surface area contributed by atoms with Gasteiger partial charge >= 0.3 is 5.97 Å². The fraction of sp³-hybridized carbons (Fsp3) is 0.312. The third kappa shape index (κ3) is 2.78. The van der Waals surface area contributed by atoms with Gasteiger partial charge in [0.25, 0.3) is 0 Å². The van der Waals surface area contributed by atoms with Crippen molar-refractivity contribution in [1.29, 1.82) is 0 Å². The van der Waals surface area contributed by atoms with Crippen LogP contribution in [0.15, 0.2) is 41.0 Å². The molecule has 0 unspecified atom stereocenters. The van der Waals surface area contributed by atoms with Crippen molar-refractivity contribution >= 4 is 11.7 Å². The Kier molecular flexibility index (Phi) is 3.92. The van der Waals surface area contributed by atoms with Gasteiger partial charge in [-0.3, -0.25) is 0 Å². The molecule has 0 fully saturated rings. The number of furan rings is 1. The summed E-state index contributed by atoms with van der Waals surface area (Å²) in [6.07, 6.45) is 1.53. The van der Waals surface area contributed by atoms with E-state index >= 15 is 0 Å². The molecule has 1 aliphatic rings. The van der Waals surface area contributed by atoms with E-state index in [2.05, 4.69) is 22.3 Å². The van der Waals surface area contributed by atoms with E-state index < -0.39 is 5.97 Å². The van der Waals surface area contributed by atoms with Crippen molar-refractivity contribution in [2.45, 2.75) is 13.1 Å². The van der Waals surface area contributed by atoms with Gasteiger partial charge in [-0.1, -0.05) is 18.2 Å². The SMILES string of the molecule is COC(=O)c1occc1CN1CCNCc2ccccc21. The lowest BCUT2D eigenvalue weighted by Crippen LogP contribution is -2.28. The van der Waals surface area contributed by atoms with E-state index in [1.165, 1.54) is 24.6 Å². The molecule has 1 aromatic carbocycles. The number of fused-ring (bicyclic) bond motifs is 1. The van der Waals surface area contributed by atoms with E-state index in [0.29, 0.717) is 6.54 Å². The molecular formula is C16H18N2O3. The molecule has 1 aromatic heterocycles. The summed E-state index contributed by atoms with van der Waals surface area (Å²) in [5, 5.41) is 3.40. The van der Waals surface area contributed by atoms with Gasteiger partial charge in [0.1, 0.15) is 0 Å². The highest BCUT2D eigenvalue weighted by molar-refractivity contribution is 5.88. The molecule has 0 aliphatic carbocycles. The van der Waals surface area contributed by atoms with Crippen molar-refractivity contribution < 1.29 is 13.9 Å². The first-order valence-corrected chi connectivity index (χ1v) is 6.98. The molecule has 1 aliphatic heterocycles. The Hall–Kier alpha value is -2.27. The summed E-state index contributed by atoms with van der Waals surface area (Å²) >= 11 is 0. The van der Waals surface area contributed by atoms with Crippen LogP contribution in [0.5, 0.6) is 0 Å². The minimum atomic E-state index is -0.434. The summed E-state index contributed by atoms with van der Waals surface area (Å²) in [6.45, 7) is 3.27. The number of hydrogen-bond donors (Lipinski definition) is 1. The molecule has 0 amide bonds. The van der Waals surface area contributed by atoms with Gasteiger partial charge in [-0.05, 0) is 17.7 Å². The number of ether oxygens (including phenoxy) is 1. The minimum Gasteiger partial charge on any atom is -0.463 e. The van der Waals surface area contributed by atoms with Crippen molar-refractivity contribution in [3.8, 4) is 0 Å². The monoisotopic (exact) mass is 286 g/mol. The number of para-hydroxylation sites is 1. The number of nitrogens with one attached hydrogen (secondary N) is 1. The fourth-order valence-corrected chi connectivity index (χ4v) is 2.63. The lowest BCUT2D eigenvalue weighted by atomic mass is 10.1. The summed E-state index contributed by atoms with van der Waals surface area (Å²) in [7, 11) is 1.36. The van der Waals surface area contributed by atoms with Crippen LogP contribution < -0.4 is 10.2 Å². The zero-order chi connectivity index (χ0) is 14.7. The molecule has 2 heterocycles. The molecule has 5 heteroatoms. The third-order valence-corrected chi connectivity index (χ3v) is 3.69. The zero-order valence-corrected chi connectivity index (χ0v) is 12.0. The Balaban J connectivity index is 1.88. The number of anilines is 1. The fourth-order valence-electron chi connectivity index (χ4n) is 2.63. The van der Waals surface area contributed by atoms with Gasteiger partial charge in [-0.2, -0.15) is 0 Å². The standard InChI is InChI=1S/C16H18N2O3/c1-20-16(19)15-13(6-9-21-15)11-18-8-7-17-10-12-4-2-3-5-14(12)18/h2-6,9,17H,7-8,10-11H2,1H3. The van der Waals surface area contributed by atoms with Crippen LogP contribution in [0.3, 0.4) is 0 Å². The Morgan fingerprint density at radius 3 is 3.10 bits per heavy atom. The van der Waals surface area contributed by atoms with Gasteiger partial charge in [-0.25, -0.2) is 4.79 Å².